The van der Waals surface area contributed by atoms with Crippen LogP contribution in [-0.4, -0.2) is 4.57 Å². The van der Waals surface area contributed by atoms with Crippen LogP contribution in [0.1, 0.15) is 139 Å². The number of aryl methyl sites for hydroxylation is 1. The fraction of sp³-hybridized carbons (Fsp3) is 0.595. The van der Waals surface area contributed by atoms with E-state index in [0.29, 0.717) is 5.92 Å². The molecule has 0 bridgehead atoms. The maximum atomic E-state index is 2.71. The topological polar surface area (TPSA) is 8.81 Å². The van der Waals surface area contributed by atoms with Crippen molar-refractivity contribution in [2.45, 2.75) is 143 Å². The molecule has 2 heteroatoms. The largest absolute Gasteiger partial charge is 0.261 e. The summed E-state index contributed by atoms with van der Waals surface area (Å²) in [6, 6.07) is 22.2. The third-order valence-corrected chi connectivity index (χ3v) is 8.37. The van der Waals surface area contributed by atoms with Crippen LogP contribution >= 0.6 is 0 Å². The molecule has 0 radical (unpaired) electrons. The maximum absolute atomic E-state index is 2.71. The molecular weight excluding hydrogens is 472 g/mol. The molecule has 1 atom stereocenters. The molecule has 2 aromatic carbocycles. The molecule has 0 fully saturated rings. The molecule has 0 amide bonds. The van der Waals surface area contributed by atoms with Gasteiger partial charge in [0.15, 0.2) is 0 Å². The number of nitrogens with zero attached hydrogens (tertiary/aromatic N) is 2. The minimum Gasteiger partial charge on any atom is -0.234 e. The summed E-state index contributed by atoms with van der Waals surface area (Å²) >= 11 is 0. The summed E-state index contributed by atoms with van der Waals surface area (Å²) in [7, 11) is 0. The van der Waals surface area contributed by atoms with Crippen molar-refractivity contribution in [3.8, 4) is 0 Å². The average Bonchev–Trinajstić information content (AvgIpc) is 3.28. The van der Waals surface area contributed by atoms with Crippen molar-refractivity contribution in [1.29, 1.82) is 0 Å². The van der Waals surface area contributed by atoms with Gasteiger partial charge in [-0.05, 0) is 42.7 Å². The van der Waals surface area contributed by atoms with Gasteiger partial charge >= 0.3 is 0 Å². The fourth-order valence-electron chi connectivity index (χ4n) is 5.93. The van der Waals surface area contributed by atoms with Crippen LogP contribution in [0.5, 0.6) is 0 Å². The first-order valence-electron chi connectivity index (χ1n) is 16.4. The lowest BCUT2D eigenvalue weighted by Crippen LogP contribution is -2.37. The van der Waals surface area contributed by atoms with Crippen molar-refractivity contribution in [2.24, 2.45) is 0 Å². The van der Waals surface area contributed by atoms with E-state index in [2.05, 4.69) is 96.8 Å². The molecule has 0 aliphatic carbocycles. The Hall–Kier alpha value is -2.35. The Morgan fingerprint density at radius 2 is 1.18 bits per heavy atom. The zero-order valence-corrected chi connectivity index (χ0v) is 25.6. The van der Waals surface area contributed by atoms with Crippen molar-refractivity contribution in [3.05, 3.63) is 89.5 Å². The van der Waals surface area contributed by atoms with Gasteiger partial charge in [0.25, 0.3) is 5.82 Å². The highest BCUT2D eigenvalue weighted by Gasteiger charge is 2.25. The van der Waals surface area contributed by atoms with Crippen molar-refractivity contribution in [2.75, 3.05) is 0 Å². The predicted octanol–water partition coefficient (Wildman–Crippen LogP) is 10.2. The van der Waals surface area contributed by atoms with E-state index < -0.39 is 0 Å². The highest BCUT2D eigenvalue weighted by Crippen LogP contribution is 2.22. The Kier molecular flexibility index (Phi) is 15.1. The number of benzene rings is 2. The number of hydrogen-bond acceptors (Lipinski definition) is 0. The second-order valence-corrected chi connectivity index (χ2v) is 11.8. The van der Waals surface area contributed by atoms with Crippen molar-refractivity contribution < 1.29 is 4.57 Å². The summed E-state index contributed by atoms with van der Waals surface area (Å²) in [5.74, 6) is 2.03. The van der Waals surface area contributed by atoms with E-state index >= 15 is 0 Å². The molecule has 1 unspecified atom stereocenters. The zero-order valence-electron chi connectivity index (χ0n) is 25.6. The highest BCUT2D eigenvalue weighted by atomic mass is 15.2. The summed E-state index contributed by atoms with van der Waals surface area (Å²) in [5, 5.41) is 0. The van der Waals surface area contributed by atoms with Crippen LogP contribution in [0.3, 0.4) is 0 Å². The summed E-state index contributed by atoms with van der Waals surface area (Å²) in [5.41, 5.74) is 4.39. The maximum Gasteiger partial charge on any atom is 0.261 e. The number of aromatic nitrogens is 2. The van der Waals surface area contributed by atoms with Crippen molar-refractivity contribution >= 4 is 0 Å². The summed E-state index contributed by atoms with van der Waals surface area (Å²) < 4.78 is 5.35. The lowest BCUT2D eigenvalue weighted by molar-refractivity contribution is -0.704. The molecular formula is C37H57N2+. The third kappa shape index (κ3) is 11.3. The van der Waals surface area contributed by atoms with Gasteiger partial charge in [-0.3, -0.25) is 0 Å². The third-order valence-electron chi connectivity index (χ3n) is 8.37. The number of imidazole rings is 1. The molecule has 3 rings (SSSR count). The Balaban J connectivity index is 1.74. The van der Waals surface area contributed by atoms with E-state index in [1.54, 1.807) is 0 Å². The summed E-state index contributed by atoms with van der Waals surface area (Å²) in [4.78, 5) is 0. The van der Waals surface area contributed by atoms with Crippen LogP contribution in [0, 0.1) is 0 Å². The SMILES string of the molecule is CCCCCCCCCCC[n+]1cc(CC(C)c2ccccc2)n(CCCCCCC)c1Cc1ccccc1. The van der Waals surface area contributed by atoms with Crippen LogP contribution < -0.4 is 4.57 Å². The van der Waals surface area contributed by atoms with Crippen LogP contribution in [0.25, 0.3) is 0 Å². The number of hydrogen-bond donors (Lipinski definition) is 0. The molecule has 0 N–H and O–H groups in total. The minimum absolute atomic E-state index is 0.519. The Bertz CT molecular complexity index is 1000. The van der Waals surface area contributed by atoms with Gasteiger partial charge in [-0.2, -0.15) is 0 Å². The fourth-order valence-corrected chi connectivity index (χ4v) is 5.93. The van der Waals surface area contributed by atoms with Crippen LogP contribution in [0.15, 0.2) is 66.9 Å². The normalized spacial score (nSPS) is 12.2. The van der Waals surface area contributed by atoms with Gasteiger partial charge in [-0.25, -0.2) is 9.13 Å². The monoisotopic (exact) mass is 529 g/mol. The molecule has 2 nitrogen and oxygen atoms in total. The van der Waals surface area contributed by atoms with E-state index in [9.17, 15) is 0 Å². The second kappa shape index (κ2) is 18.9. The molecule has 0 saturated heterocycles. The molecule has 0 aliphatic rings. The summed E-state index contributed by atoms with van der Waals surface area (Å²) in [6.45, 7) is 9.30. The first-order valence-corrected chi connectivity index (χ1v) is 16.4. The zero-order chi connectivity index (χ0) is 27.5. The molecule has 0 spiro atoms. The smallest absolute Gasteiger partial charge is 0.234 e. The van der Waals surface area contributed by atoms with Crippen LogP contribution in [-0.2, 0) is 25.9 Å². The molecule has 3 aromatic rings. The first kappa shape index (κ1) is 31.2. The van der Waals surface area contributed by atoms with E-state index in [4.69, 9.17) is 0 Å². The van der Waals surface area contributed by atoms with Gasteiger partial charge in [0, 0.05) is 6.42 Å². The van der Waals surface area contributed by atoms with Crippen LogP contribution in [0.2, 0.25) is 0 Å². The van der Waals surface area contributed by atoms with E-state index in [1.807, 2.05) is 0 Å². The first-order chi connectivity index (χ1) is 19.2. The van der Waals surface area contributed by atoms with Crippen molar-refractivity contribution in [1.82, 2.24) is 4.57 Å². The van der Waals surface area contributed by atoms with Gasteiger partial charge in [0.2, 0.25) is 0 Å². The van der Waals surface area contributed by atoms with Gasteiger partial charge in [0.1, 0.15) is 11.9 Å². The number of unbranched alkanes of at least 4 members (excludes halogenated alkanes) is 12. The quantitative estimate of drug-likeness (QED) is 0.0958. The number of rotatable bonds is 21. The molecule has 214 valence electrons. The molecule has 0 aliphatic heterocycles. The predicted molar refractivity (Wildman–Crippen MR) is 168 cm³/mol. The molecule has 1 heterocycles. The lowest BCUT2D eigenvalue weighted by atomic mass is 9.96. The molecule has 1 aromatic heterocycles. The van der Waals surface area contributed by atoms with Gasteiger partial charge in [-0.15, -0.1) is 0 Å². The van der Waals surface area contributed by atoms with Gasteiger partial charge in [-0.1, -0.05) is 146 Å². The molecule has 0 saturated carbocycles. The van der Waals surface area contributed by atoms with E-state index in [1.165, 1.54) is 113 Å². The second-order valence-electron chi connectivity index (χ2n) is 11.8. The average molecular weight is 530 g/mol. The van der Waals surface area contributed by atoms with Gasteiger partial charge in [0.05, 0.1) is 19.5 Å². The Labute approximate surface area is 240 Å². The van der Waals surface area contributed by atoms with E-state index in [-0.39, 0.29) is 0 Å². The Morgan fingerprint density at radius 1 is 0.641 bits per heavy atom. The molecule has 39 heavy (non-hydrogen) atoms. The highest BCUT2D eigenvalue weighted by molar-refractivity contribution is 5.22. The lowest BCUT2D eigenvalue weighted by Gasteiger charge is -2.12. The summed E-state index contributed by atoms with van der Waals surface area (Å²) in [6.07, 6.45) is 23.7. The van der Waals surface area contributed by atoms with E-state index in [0.717, 1.165) is 25.9 Å². The Morgan fingerprint density at radius 3 is 1.79 bits per heavy atom. The standard InChI is InChI=1S/C37H57N2/c1-4-6-8-10-11-12-13-15-22-28-38-32-36(30-33(3)35-26-20-17-21-27-35)39(29-23-14-9-7-5-2)37(38)31-34-24-18-16-19-25-34/h16-21,24-27,32-33H,4-15,22-23,28-31H2,1-3H3/q+1. The van der Waals surface area contributed by atoms with Gasteiger partial charge < -0.3 is 0 Å². The van der Waals surface area contributed by atoms with Crippen molar-refractivity contribution in [3.63, 3.8) is 0 Å². The van der Waals surface area contributed by atoms with Crippen LogP contribution in [0.4, 0.5) is 0 Å². The minimum atomic E-state index is 0.519.